The number of ether oxygens (including phenoxy) is 2. The third-order valence-corrected chi connectivity index (χ3v) is 9.81. The molecule has 0 saturated heterocycles. The van der Waals surface area contributed by atoms with Gasteiger partial charge in [-0.2, -0.15) is 0 Å². The molecule has 9 nitrogen and oxygen atoms in total. The Bertz CT molecular complexity index is 1070. The number of hydrogen-bond donors (Lipinski definition) is 0. The van der Waals surface area contributed by atoms with Crippen LogP contribution in [0.2, 0.25) is 0 Å². The molecule has 0 bridgehead atoms. The van der Waals surface area contributed by atoms with Crippen molar-refractivity contribution in [1.82, 2.24) is 0 Å². The minimum Gasteiger partial charge on any atom is -0.756 e. The number of hydrogen-bond acceptors (Lipinski definition) is 8. The van der Waals surface area contributed by atoms with Crippen molar-refractivity contribution in [3.05, 3.63) is 48.6 Å². The predicted octanol–water partition coefficient (Wildman–Crippen LogP) is 11.3. The Labute approximate surface area is 331 Å². The van der Waals surface area contributed by atoms with Gasteiger partial charge in [0.1, 0.15) is 19.8 Å². The van der Waals surface area contributed by atoms with Crippen LogP contribution in [0.4, 0.5) is 0 Å². The molecule has 0 aromatic rings. The van der Waals surface area contributed by atoms with Crippen LogP contribution in [0.3, 0.4) is 0 Å². The highest BCUT2D eigenvalue weighted by molar-refractivity contribution is 7.45. The summed E-state index contributed by atoms with van der Waals surface area (Å²) in [4.78, 5) is 37.4. The summed E-state index contributed by atoms with van der Waals surface area (Å²) in [6, 6.07) is 0. The maximum absolute atomic E-state index is 12.6. The van der Waals surface area contributed by atoms with Crippen LogP contribution in [0.15, 0.2) is 48.6 Å². The topological polar surface area (TPSA) is 111 Å². The van der Waals surface area contributed by atoms with E-state index >= 15 is 0 Å². The van der Waals surface area contributed by atoms with Crippen molar-refractivity contribution in [3.63, 3.8) is 0 Å². The maximum atomic E-state index is 12.6. The molecule has 0 heterocycles. The lowest BCUT2D eigenvalue weighted by Crippen LogP contribution is -2.37. The molecule has 0 spiro atoms. The van der Waals surface area contributed by atoms with Crippen LogP contribution in [0.5, 0.6) is 0 Å². The van der Waals surface area contributed by atoms with Gasteiger partial charge in [-0.1, -0.05) is 146 Å². The van der Waals surface area contributed by atoms with Crippen LogP contribution in [-0.4, -0.2) is 70.0 Å². The standard InChI is InChI=1S/C44H80NO8P/c1-6-8-10-12-14-16-18-20-22-24-26-28-30-32-34-36-43(46)50-40-42(41-52-54(48,49)51-39-38-45(3,4)5)53-44(47)37-35-33-31-29-27-25-23-21-19-17-15-13-11-9-7-2/h8,10,14,16,20,22,31,33,42H,6-7,9,11-13,15,17-19,21,23-30,32,34-41H2,1-5H3/b10-8+,16-14+,22-20+,33-31+/t42-/m1/s1. The molecule has 0 aromatic heterocycles. The van der Waals surface area contributed by atoms with E-state index in [0.29, 0.717) is 23.9 Å². The van der Waals surface area contributed by atoms with Gasteiger partial charge in [0.15, 0.2) is 6.10 Å². The Hall–Kier alpha value is -2.03. The quantitative estimate of drug-likeness (QED) is 0.0200. The minimum absolute atomic E-state index is 0.0407. The normalized spacial score (nSPS) is 14.1. The fourth-order valence-corrected chi connectivity index (χ4v) is 6.24. The summed E-state index contributed by atoms with van der Waals surface area (Å²) in [6.45, 7) is 4.04. The number of nitrogens with zero attached hydrogens (tertiary/aromatic N) is 1. The number of phosphoric acid groups is 1. The molecular formula is C44H80NO8P. The zero-order valence-corrected chi connectivity index (χ0v) is 36.0. The summed E-state index contributed by atoms with van der Waals surface area (Å²) < 4.78 is 33.8. The first-order valence-electron chi connectivity index (χ1n) is 21.3. The number of carbonyl (C=O) groups is 2. The summed E-state index contributed by atoms with van der Waals surface area (Å²) in [5.41, 5.74) is 0. The average molecular weight is 782 g/mol. The first-order chi connectivity index (χ1) is 26.0. The predicted molar refractivity (Wildman–Crippen MR) is 222 cm³/mol. The molecule has 314 valence electrons. The smallest absolute Gasteiger partial charge is 0.306 e. The van der Waals surface area contributed by atoms with Crippen molar-refractivity contribution >= 4 is 19.8 Å². The Morgan fingerprint density at radius 3 is 1.67 bits per heavy atom. The SMILES string of the molecule is CC/C=C/C/C=C/C/C=C/CCCCCCCC(=O)OC[C@H](COP(=O)([O-])OCC[N+](C)(C)C)OC(=O)CC/C=C/CCCCCCCCCCCCC. The second-order valence-electron chi connectivity index (χ2n) is 15.3. The number of unbranched alkanes of at least 4 members (excludes halogenated alkanes) is 16. The van der Waals surface area contributed by atoms with Gasteiger partial charge in [0.2, 0.25) is 0 Å². The summed E-state index contributed by atoms with van der Waals surface area (Å²) in [5.74, 6) is -0.913. The van der Waals surface area contributed by atoms with E-state index in [9.17, 15) is 19.0 Å². The van der Waals surface area contributed by atoms with Gasteiger partial charge in [0.25, 0.3) is 7.82 Å². The van der Waals surface area contributed by atoms with Crippen LogP contribution in [-0.2, 0) is 32.7 Å². The lowest BCUT2D eigenvalue weighted by molar-refractivity contribution is -0.870. The molecule has 10 heteroatoms. The molecular weight excluding hydrogens is 701 g/mol. The van der Waals surface area contributed by atoms with E-state index in [4.69, 9.17) is 18.5 Å². The molecule has 0 rings (SSSR count). The molecule has 0 aliphatic rings. The Morgan fingerprint density at radius 2 is 1.09 bits per heavy atom. The van der Waals surface area contributed by atoms with Crippen LogP contribution in [0, 0.1) is 0 Å². The maximum Gasteiger partial charge on any atom is 0.306 e. The van der Waals surface area contributed by atoms with Gasteiger partial charge in [-0.05, 0) is 57.8 Å². The van der Waals surface area contributed by atoms with E-state index in [1.807, 2.05) is 27.2 Å². The van der Waals surface area contributed by atoms with Crippen molar-refractivity contribution in [1.29, 1.82) is 0 Å². The van der Waals surface area contributed by atoms with Crippen LogP contribution in [0.1, 0.15) is 168 Å². The van der Waals surface area contributed by atoms with Crippen molar-refractivity contribution in [2.45, 2.75) is 174 Å². The van der Waals surface area contributed by atoms with Gasteiger partial charge in [0.05, 0.1) is 27.7 Å². The molecule has 0 radical (unpaired) electrons. The van der Waals surface area contributed by atoms with Crippen LogP contribution >= 0.6 is 7.82 Å². The van der Waals surface area contributed by atoms with Gasteiger partial charge in [-0.3, -0.25) is 14.2 Å². The second kappa shape index (κ2) is 36.6. The third-order valence-electron chi connectivity index (χ3n) is 8.85. The molecule has 0 amide bonds. The number of allylic oxidation sites excluding steroid dienone is 8. The summed E-state index contributed by atoms with van der Waals surface area (Å²) in [7, 11) is 1.13. The Morgan fingerprint density at radius 1 is 0.593 bits per heavy atom. The van der Waals surface area contributed by atoms with Crippen molar-refractivity contribution in [3.8, 4) is 0 Å². The van der Waals surface area contributed by atoms with E-state index in [1.165, 1.54) is 64.2 Å². The zero-order valence-electron chi connectivity index (χ0n) is 35.2. The summed E-state index contributed by atoms with van der Waals surface area (Å²) in [6.07, 6.45) is 41.5. The van der Waals surface area contributed by atoms with E-state index in [-0.39, 0.29) is 26.1 Å². The highest BCUT2D eigenvalue weighted by Crippen LogP contribution is 2.38. The van der Waals surface area contributed by atoms with Gasteiger partial charge >= 0.3 is 11.9 Å². The van der Waals surface area contributed by atoms with Crippen molar-refractivity contribution < 1.29 is 42.1 Å². The number of carbonyl (C=O) groups excluding carboxylic acids is 2. The number of likely N-dealkylation sites (N-methyl/N-ethyl adjacent to an activating group) is 1. The number of rotatable bonds is 38. The molecule has 54 heavy (non-hydrogen) atoms. The number of phosphoric ester groups is 1. The number of quaternary nitrogens is 1. The van der Waals surface area contributed by atoms with Crippen LogP contribution < -0.4 is 4.89 Å². The van der Waals surface area contributed by atoms with Gasteiger partial charge < -0.3 is 27.9 Å². The third kappa shape index (κ3) is 39.7. The number of esters is 2. The molecule has 0 saturated carbocycles. The average Bonchev–Trinajstić information content (AvgIpc) is 3.12. The Kier molecular flexibility index (Phi) is 35.2. The highest BCUT2D eigenvalue weighted by atomic mass is 31.2. The molecule has 0 aliphatic heterocycles. The van der Waals surface area contributed by atoms with Gasteiger partial charge in [-0.15, -0.1) is 0 Å². The monoisotopic (exact) mass is 782 g/mol. The fourth-order valence-electron chi connectivity index (χ4n) is 5.51. The van der Waals surface area contributed by atoms with Gasteiger partial charge in [0, 0.05) is 12.8 Å². The molecule has 0 aliphatic carbocycles. The van der Waals surface area contributed by atoms with E-state index in [2.05, 4.69) is 56.4 Å². The fraction of sp³-hybridized carbons (Fsp3) is 0.773. The van der Waals surface area contributed by atoms with Gasteiger partial charge in [-0.25, -0.2) is 0 Å². The minimum atomic E-state index is -4.64. The Balaban J connectivity index is 4.45. The van der Waals surface area contributed by atoms with Crippen LogP contribution in [0.25, 0.3) is 0 Å². The second-order valence-corrected chi connectivity index (χ2v) is 16.7. The molecule has 1 unspecified atom stereocenters. The molecule has 0 fully saturated rings. The molecule has 0 aromatic carbocycles. The van der Waals surface area contributed by atoms with E-state index < -0.39 is 32.5 Å². The lowest BCUT2D eigenvalue weighted by Gasteiger charge is -2.28. The zero-order chi connectivity index (χ0) is 40.0. The van der Waals surface area contributed by atoms with E-state index in [1.54, 1.807) is 0 Å². The largest absolute Gasteiger partial charge is 0.756 e. The van der Waals surface area contributed by atoms with Crippen molar-refractivity contribution in [2.75, 3.05) is 47.5 Å². The lowest BCUT2D eigenvalue weighted by atomic mass is 10.1. The van der Waals surface area contributed by atoms with Crippen molar-refractivity contribution in [2.24, 2.45) is 0 Å². The molecule has 2 atom stereocenters. The molecule has 0 N–H and O–H groups in total. The summed E-state index contributed by atoms with van der Waals surface area (Å²) in [5, 5.41) is 0. The first kappa shape index (κ1) is 52.0. The first-order valence-corrected chi connectivity index (χ1v) is 22.8. The van der Waals surface area contributed by atoms with E-state index in [0.717, 1.165) is 64.2 Å². The highest BCUT2D eigenvalue weighted by Gasteiger charge is 2.21. The summed E-state index contributed by atoms with van der Waals surface area (Å²) >= 11 is 0.